The molecule has 0 aromatic heterocycles. The fourth-order valence-corrected chi connectivity index (χ4v) is 2.01. The van der Waals surface area contributed by atoms with E-state index in [0.29, 0.717) is 22.3 Å². The van der Waals surface area contributed by atoms with Gasteiger partial charge in [-0.25, -0.2) is 0 Å². The monoisotopic (exact) mass is 277 g/mol. The Balaban J connectivity index is 2.82. The van der Waals surface area contributed by atoms with Crippen molar-refractivity contribution in [2.24, 2.45) is 0 Å². The molecule has 0 aliphatic heterocycles. The number of halogens is 2. The van der Waals surface area contributed by atoms with Gasteiger partial charge in [-0.3, -0.25) is 0 Å². The molecule has 17 heavy (non-hydrogen) atoms. The van der Waals surface area contributed by atoms with E-state index in [1.807, 2.05) is 6.07 Å². The molecular formula is C12H17Cl2NO2. The zero-order chi connectivity index (χ0) is 12.7. The average molecular weight is 278 g/mol. The highest BCUT2D eigenvalue weighted by atomic mass is 35.5. The second-order valence-electron chi connectivity index (χ2n) is 3.60. The summed E-state index contributed by atoms with van der Waals surface area (Å²) < 4.78 is 10.3. The predicted octanol–water partition coefficient (Wildman–Crippen LogP) is 3.48. The Labute approximate surface area is 112 Å². The highest BCUT2D eigenvalue weighted by molar-refractivity contribution is 6.35. The van der Waals surface area contributed by atoms with Crippen molar-refractivity contribution in [2.45, 2.75) is 19.9 Å². The topological polar surface area (TPSA) is 30.5 Å². The van der Waals surface area contributed by atoms with Crippen molar-refractivity contribution in [3.8, 4) is 5.75 Å². The van der Waals surface area contributed by atoms with Crippen LogP contribution < -0.4 is 10.1 Å². The van der Waals surface area contributed by atoms with Crippen molar-refractivity contribution in [3.63, 3.8) is 0 Å². The van der Waals surface area contributed by atoms with Crippen LogP contribution in [0.2, 0.25) is 10.0 Å². The molecule has 0 fully saturated rings. The van der Waals surface area contributed by atoms with Crippen molar-refractivity contribution >= 4 is 23.2 Å². The maximum atomic E-state index is 6.09. The van der Waals surface area contributed by atoms with Crippen LogP contribution in [0.1, 0.15) is 18.9 Å². The summed E-state index contributed by atoms with van der Waals surface area (Å²) in [4.78, 5) is 0. The first-order valence-electron chi connectivity index (χ1n) is 5.49. The third-order valence-corrected chi connectivity index (χ3v) is 2.65. The summed E-state index contributed by atoms with van der Waals surface area (Å²) in [7, 11) is 1.57. The van der Waals surface area contributed by atoms with Gasteiger partial charge in [-0.05, 0) is 25.1 Å². The summed E-state index contributed by atoms with van der Waals surface area (Å²) in [5.41, 5.74) is 0.938. The minimum atomic E-state index is 0.169. The highest BCUT2D eigenvalue weighted by Gasteiger charge is 2.10. The molecule has 0 unspecified atom stereocenters. The lowest BCUT2D eigenvalue weighted by molar-refractivity contribution is 0.0504. The van der Waals surface area contributed by atoms with Crippen LogP contribution in [0.15, 0.2) is 12.1 Å². The summed E-state index contributed by atoms with van der Waals surface area (Å²) >= 11 is 12.1. The summed E-state index contributed by atoms with van der Waals surface area (Å²) in [5.74, 6) is 0.626. The zero-order valence-corrected chi connectivity index (χ0v) is 11.6. The normalized spacial score (nSPS) is 10.6. The largest absolute Gasteiger partial charge is 0.466 e. The lowest BCUT2D eigenvalue weighted by Gasteiger charge is -2.13. The van der Waals surface area contributed by atoms with Crippen molar-refractivity contribution in [1.82, 2.24) is 5.32 Å². The van der Waals surface area contributed by atoms with Gasteiger partial charge in [0.25, 0.3) is 0 Å². The minimum Gasteiger partial charge on any atom is -0.466 e. The molecule has 96 valence electrons. The SMILES string of the molecule is CCCNCc1cc(Cl)cc(Cl)c1OCOC. The number of ether oxygens (including phenoxy) is 2. The van der Waals surface area contributed by atoms with Crippen molar-refractivity contribution in [2.75, 3.05) is 20.4 Å². The van der Waals surface area contributed by atoms with Crippen LogP contribution in [0, 0.1) is 0 Å². The van der Waals surface area contributed by atoms with Gasteiger partial charge in [0, 0.05) is 24.2 Å². The molecule has 3 nitrogen and oxygen atoms in total. The van der Waals surface area contributed by atoms with Crippen molar-refractivity contribution in [3.05, 3.63) is 27.7 Å². The number of methoxy groups -OCH3 is 1. The maximum Gasteiger partial charge on any atom is 0.188 e. The number of benzene rings is 1. The van der Waals surface area contributed by atoms with E-state index in [-0.39, 0.29) is 6.79 Å². The molecule has 0 aliphatic rings. The third kappa shape index (κ3) is 4.72. The van der Waals surface area contributed by atoms with Crippen LogP contribution in [-0.4, -0.2) is 20.4 Å². The lowest BCUT2D eigenvalue weighted by Crippen LogP contribution is -2.15. The third-order valence-electron chi connectivity index (χ3n) is 2.15. The van der Waals surface area contributed by atoms with Gasteiger partial charge in [-0.2, -0.15) is 0 Å². The van der Waals surface area contributed by atoms with Gasteiger partial charge in [-0.1, -0.05) is 30.1 Å². The fraction of sp³-hybridized carbons (Fsp3) is 0.500. The van der Waals surface area contributed by atoms with E-state index in [2.05, 4.69) is 12.2 Å². The van der Waals surface area contributed by atoms with Gasteiger partial charge < -0.3 is 14.8 Å². The molecule has 1 rings (SSSR count). The standard InChI is InChI=1S/C12H17Cl2NO2/c1-3-4-15-7-9-5-10(13)6-11(14)12(9)17-8-16-2/h5-6,15H,3-4,7-8H2,1-2H3. The Morgan fingerprint density at radius 3 is 2.71 bits per heavy atom. The quantitative estimate of drug-likeness (QED) is 0.612. The first-order valence-corrected chi connectivity index (χ1v) is 6.25. The van der Waals surface area contributed by atoms with Crippen molar-refractivity contribution < 1.29 is 9.47 Å². The van der Waals surface area contributed by atoms with E-state index in [1.54, 1.807) is 13.2 Å². The van der Waals surface area contributed by atoms with E-state index in [9.17, 15) is 0 Å². The molecule has 0 atom stereocenters. The Morgan fingerprint density at radius 2 is 2.06 bits per heavy atom. The number of nitrogens with one attached hydrogen (secondary N) is 1. The summed E-state index contributed by atoms with van der Waals surface area (Å²) in [5, 5.41) is 4.39. The molecule has 0 bridgehead atoms. The van der Waals surface area contributed by atoms with Crippen LogP contribution >= 0.6 is 23.2 Å². The average Bonchev–Trinajstić information content (AvgIpc) is 2.28. The first-order chi connectivity index (χ1) is 8.19. The first kappa shape index (κ1) is 14.6. The summed E-state index contributed by atoms with van der Waals surface area (Å²) in [6, 6.07) is 3.51. The lowest BCUT2D eigenvalue weighted by atomic mass is 10.2. The Morgan fingerprint density at radius 1 is 1.29 bits per heavy atom. The van der Waals surface area contributed by atoms with E-state index in [1.165, 1.54) is 0 Å². The minimum absolute atomic E-state index is 0.169. The summed E-state index contributed by atoms with van der Waals surface area (Å²) in [6.07, 6.45) is 1.07. The van der Waals surface area contributed by atoms with Crippen LogP contribution in [0.3, 0.4) is 0 Å². The van der Waals surface area contributed by atoms with Crippen LogP contribution in [0.4, 0.5) is 0 Å². The van der Waals surface area contributed by atoms with Crippen molar-refractivity contribution in [1.29, 1.82) is 0 Å². The van der Waals surface area contributed by atoms with Crippen LogP contribution in [0.5, 0.6) is 5.75 Å². The van der Waals surface area contributed by atoms with Gasteiger partial charge in [0.1, 0.15) is 5.75 Å². The number of hydrogen-bond donors (Lipinski definition) is 1. The molecule has 1 aromatic carbocycles. The number of hydrogen-bond acceptors (Lipinski definition) is 3. The molecule has 0 spiro atoms. The highest BCUT2D eigenvalue weighted by Crippen LogP contribution is 2.32. The molecule has 1 N–H and O–H groups in total. The van der Waals surface area contributed by atoms with Gasteiger partial charge in [0.15, 0.2) is 6.79 Å². The second kappa shape index (κ2) is 7.77. The Kier molecular flexibility index (Phi) is 6.66. The molecule has 0 aliphatic carbocycles. The fourth-order valence-electron chi connectivity index (χ4n) is 1.42. The van der Waals surface area contributed by atoms with Gasteiger partial charge in [-0.15, -0.1) is 0 Å². The molecule has 0 saturated heterocycles. The van der Waals surface area contributed by atoms with Gasteiger partial charge in [0.05, 0.1) is 5.02 Å². The van der Waals surface area contributed by atoms with Crippen LogP contribution in [-0.2, 0) is 11.3 Å². The molecule has 0 amide bonds. The van der Waals surface area contributed by atoms with E-state index in [4.69, 9.17) is 32.7 Å². The number of rotatable bonds is 7. The molecule has 0 saturated carbocycles. The molecule has 0 heterocycles. The predicted molar refractivity (Wildman–Crippen MR) is 71.0 cm³/mol. The second-order valence-corrected chi connectivity index (χ2v) is 4.45. The maximum absolute atomic E-state index is 6.09. The van der Waals surface area contributed by atoms with Crippen LogP contribution in [0.25, 0.3) is 0 Å². The molecule has 0 radical (unpaired) electrons. The molecular weight excluding hydrogens is 261 g/mol. The zero-order valence-electron chi connectivity index (χ0n) is 10.1. The van der Waals surface area contributed by atoms with E-state index in [0.717, 1.165) is 18.5 Å². The van der Waals surface area contributed by atoms with E-state index < -0.39 is 0 Å². The van der Waals surface area contributed by atoms with Gasteiger partial charge in [0.2, 0.25) is 0 Å². The Hall–Kier alpha value is -0.480. The summed E-state index contributed by atoms with van der Waals surface area (Å²) in [6.45, 7) is 3.89. The molecule has 5 heteroatoms. The smallest absolute Gasteiger partial charge is 0.188 e. The van der Waals surface area contributed by atoms with Gasteiger partial charge >= 0.3 is 0 Å². The Bertz CT molecular complexity index is 359. The van der Waals surface area contributed by atoms with E-state index >= 15 is 0 Å². The molecule has 1 aromatic rings.